The van der Waals surface area contributed by atoms with Crippen molar-refractivity contribution in [2.24, 2.45) is 5.92 Å². The van der Waals surface area contributed by atoms with Gasteiger partial charge in [0, 0.05) is 24.7 Å². The number of ether oxygens (including phenoxy) is 2. The number of anilines is 1. The number of nitrogens with one attached hydrogen (secondary N) is 1. The molecule has 2 amide bonds. The van der Waals surface area contributed by atoms with E-state index in [9.17, 15) is 9.59 Å². The number of rotatable bonds is 5. The summed E-state index contributed by atoms with van der Waals surface area (Å²) < 4.78 is 10.6. The molecular formula is C25H25ClN2O4. The molecule has 6 nitrogen and oxygen atoms in total. The number of fused-ring (bicyclic) bond motifs is 1. The summed E-state index contributed by atoms with van der Waals surface area (Å²) in [5.74, 6) is 0.378. The Kier molecular flexibility index (Phi) is 6.51. The van der Waals surface area contributed by atoms with Crippen LogP contribution in [0.4, 0.5) is 5.69 Å². The molecule has 1 unspecified atom stereocenters. The van der Waals surface area contributed by atoms with E-state index in [1.165, 1.54) is 14.2 Å². The van der Waals surface area contributed by atoms with Crippen molar-refractivity contribution >= 4 is 39.9 Å². The number of carbonyl (C=O) groups is 2. The quantitative estimate of drug-likeness (QED) is 0.591. The van der Waals surface area contributed by atoms with Crippen LogP contribution in [0.15, 0.2) is 54.6 Å². The van der Waals surface area contributed by atoms with Crippen molar-refractivity contribution in [3.8, 4) is 11.5 Å². The highest BCUT2D eigenvalue weighted by atomic mass is 35.5. The molecule has 32 heavy (non-hydrogen) atoms. The van der Waals surface area contributed by atoms with Gasteiger partial charge in [0.2, 0.25) is 5.91 Å². The number of piperidine rings is 1. The summed E-state index contributed by atoms with van der Waals surface area (Å²) in [6.45, 7) is 0.990. The van der Waals surface area contributed by atoms with Gasteiger partial charge in [-0.1, -0.05) is 48.0 Å². The summed E-state index contributed by atoms with van der Waals surface area (Å²) in [7, 11) is 3.03. The predicted molar refractivity (Wildman–Crippen MR) is 126 cm³/mol. The van der Waals surface area contributed by atoms with Crippen LogP contribution < -0.4 is 14.8 Å². The Morgan fingerprint density at radius 2 is 1.78 bits per heavy atom. The molecule has 0 spiro atoms. The second-order valence-corrected chi connectivity index (χ2v) is 8.20. The van der Waals surface area contributed by atoms with Crippen LogP contribution in [0.1, 0.15) is 23.2 Å². The number of benzene rings is 3. The average molecular weight is 453 g/mol. The van der Waals surface area contributed by atoms with E-state index in [4.69, 9.17) is 21.1 Å². The molecule has 166 valence electrons. The van der Waals surface area contributed by atoms with Gasteiger partial charge in [0.05, 0.1) is 30.8 Å². The van der Waals surface area contributed by atoms with Crippen LogP contribution in [0.2, 0.25) is 5.02 Å². The van der Waals surface area contributed by atoms with Gasteiger partial charge in [-0.25, -0.2) is 0 Å². The first kappa shape index (κ1) is 22.0. The van der Waals surface area contributed by atoms with Crippen molar-refractivity contribution in [3.05, 3.63) is 65.2 Å². The molecule has 7 heteroatoms. The van der Waals surface area contributed by atoms with E-state index < -0.39 is 0 Å². The smallest absolute Gasteiger partial charge is 0.254 e. The topological polar surface area (TPSA) is 67.9 Å². The van der Waals surface area contributed by atoms with Crippen LogP contribution in [0, 0.1) is 5.92 Å². The second kappa shape index (κ2) is 9.49. The molecule has 1 N–H and O–H groups in total. The molecule has 4 rings (SSSR count). The lowest BCUT2D eigenvalue weighted by Crippen LogP contribution is -2.43. The van der Waals surface area contributed by atoms with Crippen LogP contribution in [0.3, 0.4) is 0 Å². The minimum atomic E-state index is -0.326. The van der Waals surface area contributed by atoms with E-state index in [0.717, 1.165) is 17.2 Å². The van der Waals surface area contributed by atoms with Gasteiger partial charge in [-0.2, -0.15) is 0 Å². The first-order chi connectivity index (χ1) is 15.5. The van der Waals surface area contributed by atoms with Crippen molar-refractivity contribution in [2.75, 3.05) is 32.6 Å². The van der Waals surface area contributed by atoms with E-state index in [1.54, 1.807) is 17.0 Å². The first-order valence-corrected chi connectivity index (χ1v) is 10.9. The largest absolute Gasteiger partial charge is 0.495 e. The summed E-state index contributed by atoms with van der Waals surface area (Å²) in [6.07, 6.45) is 1.46. The van der Waals surface area contributed by atoms with Crippen LogP contribution >= 0.6 is 11.6 Å². The molecule has 1 atom stereocenters. The summed E-state index contributed by atoms with van der Waals surface area (Å²) >= 11 is 6.22. The number of hydrogen-bond acceptors (Lipinski definition) is 4. The maximum atomic E-state index is 13.3. The van der Waals surface area contributed by atoms with E-state index in [2.05, 4.69) is 5.32 Å². The minimum absolute atomic E-state index is 0.0515. The number of nitrogens with zero attached hydrogens (tertiary/aromatic N) is 1. The number of methoxy groups -OCH3 is 2. The molecule has 1 aliphatic heterocycles. The van der Waals surface area contributed by atoms with Crippen molar-refractivity contribution < 1.29 is 19.1 Å². The Morgan fingerprint density at radius 1 is 1.03 bits per heavy atom. The zero-order chi connectivity index (χ0) is 22.7. The second-order valence-electron chi connectivity index (χ2n) is 7.79. The molecular weight excluding hydrogens is 428 g/mol. The molecule has 0 aromatic heterocycles. The third-order valence-electron chi connectivity index (χ3n) is 5.83. The Hall–Kier alpha value is -3.25. The number of likely N-dealkylation sites (tertiary alicyclic amines) is 1. The molecule has 1 fully saturated rings. The molecule has 0 radical (unpaired) electrons. The predicted octanol–water partition coefficient (Wildman–Crippen LogP) is 5.00. The maximum Gasteiger partial charge on any atom is 0.254 e. The molecule has 0 bridgehead atoms. The number of halogens is 1. The Balaban J connectivity index is 1.51. The van der Waals surface area contributed by atoms with Gasteiger partial charge in [-0.15, -0.1) is 0 Å². The van der Waals surface area contributed by atoms with Gasteiger partial charge in [0.25, 0.3) is 5.91 Å². The Bertz CT molecular complexity index is 1160. The standard InChI is InChI=1S/C25H25ClN2O4/c1-31-22-14-23(32-2)21(13-20(22)26)27-24(29)17-9-6-12-28(15-17)25(30)19-11-5-8-16-7-3-4-10-18(16)19/h3-5,7-8,10-11,13-14,17H,6,9,12,15H2,1-2H3,(H,27,29). The highest BCUT2D eigenvalue weighted by Crippen LogP contribution is 2.36. The molecule has 3 aromatic carbocycles. The fourth-order valence-corrected chi connectivity index (χ4v) is 4.39. The lowest BCUT2D eigenvalue weighted by Gasteiger charge is -2.32. The first-order valence-electron chi connectivity index (χ1n) is 10.5. The van der Waals surface area contributed by atoms with Crippen LogP contribution in [-0.2, 0) is 4.79 Å². The summed E-state index contributed by atoms with van der Waals surface area (Å²) in [5.41, 5.74) is 1.13. The van der Waals surface area contributed by atoms with Gasteiger partial charge in [0.1, 0.15) is 11.5 Å². The fourth-order valence-electron chi connectivity index (χ4n) is 4.15. The number of amides is 2. The molecule has 1 aliphatic rings. The van der Waals surface area contributed by atoms with Crippen LogP contribution in [0.5, 0.6) is 11.5 Å². The summed E-state index contributed by atoms with van der Waals surface area (Å²) in [4.78, 5) is 28.1. The van der Waals surface area contributed by atoms with Crippen LogP contribution in [0.25, 0.3) is 10.8 Å². The lowest BCUT2D eigenvalue weighted by atomic mass is 9.95. The maximum absolute atomic E-state index is 13.3. The summed E-state index contributed by atoms with van der Waals surface area (Å²) in [5, 5.41) is 5.23. The van der Waals surface area contributed by atoms with E-state index in [-0.39, 0.29) is 17.7 Å². The molecule has 1 heterocycles. The Labute approximate surface area is 192 Å². The Morgan fingerprint density at radius 3 is 2.56 bits per heavy atom. The van der Waals surface area contributed by atoms with Gasteiger partial charge in [0.15, 0.2) is 0 Å². The monoisotopic (exact) mass is 452 g/mol. The highest BCUT2D eigenvalue weighted by Gasteiger charge is 2.30. The van der Waals surface area contributed by atoms with Crippen molar-refractivity contribution in [1.82, 2.24) is 4.90 Å². The minimum Gasteiger partial charge on any atom is -0.495 e. The average Bonchev–Trinajstić information content (AvgIpc) is 2.83. The number of hydrogen-bond donors (Lipinski definition) is 1. The zero-order valence-electron chi connectivity index (χ0n) is 18.1. The van der Waals surface area contributed by atoms with Gasteiger partial charge >= 0.3 is 0 Å². The van der Waals surface area contributed by atoms with E-state index in [0.29, 0.717) is 47.3 Å². The number of carbonyl (C=O) groups excluding carboxylic acids is 2. The lowest BCUT2D eigenvalue weighted by molar-refractivity contribution is -0.121. The third-order valence-corrected chi connectivity index (χ3v) is 6.13. The fraction of sp³-hybridized carbons (Fsp3) is 0.280. The normalized spacial score (nSPS) is 16.0. The van der Waals surface area contributed by atoms with Gasteiger partial charge < -0.3 is 19.7 Å². The molecule has 3 aromatic rings. The van der Waals surface area contributed by atoms with E-state index in [1.807, 2.05) is 42.5 Å². The molecule has 0 aliphatic carbocycles. The van der Waals surface area contributed by atoms with Gasteiger partial charge in [-0.3, -0.25) is 9.59 Å². The van der Waals surface area contributed by atoms with Crippen LogP contribution in [-0.4, -0.2) is 44.0 Å². The molecule has 1 saturated heterocycles. The summed E-state index contributed by atoms with van der Waals surface area (Å²) in [6, 6.07) is 16.8. The highest BCUT2D eigenvalue weighted by molar-refractivity contribution is 6.32. The molecule has 0 saturated carbocycles. The van der Waals surface area contributed by atoms with Gasteiger partial charge in [-0.05, 0) is 35.7 Å². The van der Waals surface area contributed by atoms with Crippen molar-refractivity contribution in [3.63, 3.8) is 0 Å². The van der Waals surface area contributed by atoms with Crippen molar-refractivity contribution in [2.45, 2.75) is 12.8 Å². The van der Waals surface area contributed by atoms with E-state index >= 15 is 0 Å². The third kappa shape index (κ3) is 4.36. The van der Waals surface area contributed by atoms with Crippen molar-refractivity contribution in [1.29, 1.82) is 0 Å². The zero-order valence-corrected chi connectivity index (χ0v) is 18.8. The SMILES string of the molecule is COc1cc(OC)c(NC(=O)C2CCCN(C(=O)c3cccc4ccccc34)C2)cc1Cl.